The standard InChI is InChI=1S/C25H23FN4O4S/c26-20-7-1-4-10-23(20)35(32,33)29-18-13-11-17(12-14-18)24(31)27-16-19-6-5-15-30(19)25-28-21-8-2-3-9-22(21)34-25/h1-4,7-14,19,29H,5-6,15-16H2,(H,27,31). The summed E-state index contributed by atoms with van der Waals surface area (Å²) < 4.78 is 47.0. The average Bonchev–Trinajstić information content (AvgIpc) is 3.49. The largest absolute Gasteiger partial charge is 0.423 e. The second kappa shape index (κ2) is 9.38. The van der Waals surface area contributed by atoms with E-state index in [4.69, 9.17) is 4.42 Å². The number of hydrogen-bond donors (Lipinski definition) is 2. The molecular formula is C25H23FN4O4S. The number of hydrogen-bond acceptors (Lipinski definition) is 6. The highest BCUT2D eigenvalue weighted by molar-refractivity contribution is 7.92. The fourth-order valence-electron chi connectivity index (χ4n) is 4.16. The summed E-state index contributed by atoms with van der Waals surface area (Å²) in [5, 5.41) is 2.94. The van der Waals surface area contributed by atoms with Gasteiger partial charge in [-0.25, -0.2) is 12.8 Å². The van der Waals surface area contributed by atoms with Crippen molar-refractivity contribution < 1.29 is 22.0 Å². The molecular weight excluding hydrogens is 471 g/mol. The molecule has 5 rings (SSSR count). The number of fused-ring (bicyclic) bond motifs is 1. The number of halogens is 1. The number of amides is 1. The van der Waals surface area contributed by atoms with Gasteiger partial charge in [0.05, 0.1) is 6.04 Å². The highest BCUT2D eigenvalue weighted by atomic mass is 32.2. The molecule has 0 spiro atoms. The van der Waals surface area contributed by atoms with Crippen molar-refractivity contribution in [3.05, 3.63) is 84.2 Å². The number of nitrogens with zero attached hydrogens (tertiary/aromatic N) is 2. The number of benzene rings is 3. The predicted octanol–water partition coefficient (Wildman–Crippen LogP) is 4.17. The Balaban J connectivity index is 1.21. The van der Waals surface area contributed by atoms with E-state index >= 15 is 0 Å². The first-order valence-corrected chi connectivity index (χ1v) is 12.7. The van der Waals surface area contributed by atoms with Crippen LogP contribution in [0.25, 0.3) is 11.1 Å². The highest BCUT2D eigenvalue weighted by Crippen LogP contribution is 2.28. The minimum Gasteiger partial charge on any atom is -0.423 e. The van der Waals surface area contributed by atoms with Gasteiger partial charge in [-0.15, -0.1) is 0 Å². The molecule has 0 aliphatic carbocycles. The quantitative estimate of drug-likeness (QED) is 0.400. The van der Waals surface area contributed by atoms with Crippen LogP contribution in [0.5, 0.6) is 0 Å². The van der Waals surface area contributed by atoms with Crippen molar-refractivity contribution in [2.24, 2.45) is 0 Å². The molecule has 35 heavy (non-hydrogen) atoms. The minimum absolute atomic E-state index is 0.0545. The van der Waals surface area contributed by atoms with E-state index in [1.165, 1.54) is 42.5 Å². The first-order chi connectivity index (χ1) is 16.9. The van der Waals surface area contributed by atoms with E-state index in [1.54, 1.807) is 0 Å². The fraction of sp³-hybridized carbons (Fsp3) is 0.200. The Morgan fingerprint density at radius 3 is 2.57 bits per heavy atom. The SMILES string of the molecule is O=C(NCC1CCCN1c1nc2ccccc2o1)c1ccc(NS(=O)(=O)c2ccccc2F)cc1. The van der Waals surface area contributed by atoms with E-state index in [1.807, 2.05) is 24.3 Å². The second-order valence-corrected chi connectivity index (χ2v) is 9.93. The average molecular weight is 495 g/mol. The molecule has 1 fully saturated rings. The summed E-state index contributed by atoms with van der Waals surface area (Å²) in [7, 11) is -4.09. The zero-order chi connectivity index (χ0) is 24.4. The van der Waals surface area contributed by atoms with Crippen molar-refractivity contribution in [1.82, 2.24) is 10.3 Å². The normalized spacial score (nSPS) is 15.9. The molecule has 1 saturated heterocycles. The molecule has 2 N–H and O–H groups in total. The number of carbonyl (C=O) groups is 1. The maximum Gasteiger partial charge on any atom is 0.298 e. The van der Waals surface area contributed by atoms with Crippen molar-refractivity contribution in [3.8, 4) is 0 Å². The molecule has 1 atom stereocenters. The Labute approximate surface area is 201 Å². The van der Waals surface area contributed by atoms with E-state index in [9.17, 15) is 17.6 Å². The highest BCUT2D eigenvalue weighted by Gasteiger charge is 2.29. The Hall–Kier alpha value is -3.92. The summed E-state index contributed by atoms with van der Waals surface area (Å²) in [5.74, 6) is -1.12. The third-order valence-electron chi connectivity index (χ3n) is 5.93. The molecule has 0 saturated carbocycles. The smallest absolute Gasteiger partial charge is 0.298 e. The van der Waals surface area contributed by atoms with Crippen LogP contribution in [0.3, 0.4) is 0 Å². The monoisotopic (exact) mass is 494 g/mol. The molecule has 1 aliphatic heterocycles. The summed E-state index contributed by atoms with van der Waals surface area (Å²) in [5.41, 5.74) is 2.12. The van der Waals surface area contributed by atoms with Gasteiger partial charge >= 0.3 is 0 Å². The zero-order valence-corrected chi connectivity index (χ0v) is 19.5. The van der Waals surface area contributed by atoms with Crippen LogP contribution >= 0.6 is 0 Å². The van der Waals surface area contributed by atoms with Gasteiger partial charge in [0.15, 0.2) is 5.58 Å². The molecule has 1 amide bonds. The summed E-state index contributed by atoms with van der Waals surface area (Å²) in [6.45, 7) is 1.21. The summed E-state index contributed by atoms with van der Waals surface area (Å²) in [4.78, 5) is 18.9. The van der Waals surface area contributed by atoms with Gasteiger partial charge in [-0.3, -0.25) is 9.52 Å². The van der Waals surface area contributed by atoms with Crippen molar-refractivity contribution >= 4 is 38.7 Å². The number of para-hydroxylation sites is 2. The lowest BCUT2D eigenvalue weighted by molar-refractivity contribution is 0.0951. The van der Waals surface area contributed by atoms with Gasteiger partial charge < -0.3 is 14.6 Å². The van der Waals surface area contributed by atoms with Crippen LogP contribution in [-0.4, -0.2) is 38.4 Å². The van der Waals surface area contributed by atoms with Gasteiger partial charge in [0.1, 0.15) is 16.2 Å². The molecule has 180 valence electrons. The van der Waals surface area contributed by atoms with Gasteiger partial charge in [0, 0.05) is 24.3 Å². The van der Waals surface area contributed by atoms with Crippen LogP contribution in [0.1, 0.15) is 23.2 Å². The van der Waals surface area contributed by atoms with E-state index in [2.05, 4.69) is 19.9 Å². The topological polar surface area (TPSA) is 105 Å². The summed E-state index contributed by atoms with van der Waals surface area (Å²) in [6, 6.07) is 19.3. The third-order valence-corrected chi connectivity index (χ3v) is 7.34. The van der Waals surface area contributed by atoms with E-state index in [-0.39, 0.29) is 17.6 Å². The Bertz CT molecular complexity index is 1440. The molecule has 1 aromatic heterocycles. The van der Waals surface area contributed by atoms with E-state index < -0.39 is 20.7 Å². The lowest BCUT2D eigenvalue weighted by atomic mass is 10.2. The molecule has 4 aromatic rings. The molecule has 2 heterocycles. The molecule has 3 aromatic carbocycles. The lowest BCUT2D eigenvalue weighted by Gasteiger charge is -2.23. The number of aromatic nitrogens is 1. The number of sulfonamides is 1. The number of rotatable bonds is 7. The lowest BCUT2D eigenvalue weighted by Crippen LogP contribution is -2.40. The molecule has 1 unspecified atom stereocenters. The number of anilines is 2. The first kappa shape index (κ1) is 22.9. The summed E-state index contributed by atoms with van der Waals surface area (Å²) >= 11 is 0. The van der Waals surface area contributed by atoms with Gasteiger partial charge in [-0.05, 0) is 61.4 Å². The van der Waals surface area contributed by atoms with Gasteiger partial charge in [0.25, 0.3) is 21.9 Å². The van der Waals surface area contributed by atoms with Crippen LogP contribution in [0.15, 0.2) is 82.1 Å². The van der Waals surface area contributed by atoms with Gasteiger partial charge in [-0.1, -0.05) is 24.3 Å². The molecule has 0 radical (unpaired) electrons. The molecule has 8 nitrogen and oxygen atoms in total. The van der Waals surface area contributed by atoms with Gasteiger partial charge in [-0.2, -0.15) is 4.98 Å². The Kier molecular flexibility index (Phi) is 6.12. The van der Waals surface area contributed by atoms with Crippen LogP contribution in [-0.2, 0) is 10.0 Å². The minimum atomic E-state index is -4.09. The Morgan fingerprint density at radius 2 is 1.80 bits per heavy atom. The van der Waals surface area contributed by atoms with Crippen molar-refractivity contribution in [2.75, 3.05) is 22.7 Å². The van der Waals surface area contributed by atoms with Crippen LogP contribution in [0.4, 0.5) is 16.1 Å². The molecule has 0 bridgehead atoms. The number of nitrogens with one attached hydrogen (secondary N) is 2. The van der Waals surface area contributed by atoms with Crippen LogP contribution < -0.4 is 14.9 Å². The van der Waals surface area contributed by atoms with Crippen LogP contribution in [0, 0.1) is 5.82 Å². The molecule has 10 heteroatoms. The number of oxazole rings is 1. The maximum atomic E-state index is 13.9. The predicted molar refractivity (Wildman–Crippen MR) is 130 cm³/mol. The van der Waals surface area contributed by atoms with E-state index in [0.29, 0.717) is 18.1 Å². The van der Waals surface area contributed by atoms with Crippen molar-refractivity contribution in [1.29, 1.82) is 0 Å². The first-order valence-electron chi connectivity index (χ1n) is 11.2. The maximum absolute atomic E-state index is 13.9. The van der Waals surface area contributed by atoms with E-state index in [0.717, 1.165) is 36.6 Å². The zero-order valence-electron chi connectivity index (χ0n) is 18.6. The Morgan fingerprint density at radius 1 is 1.06 bits per heavy atom. The van der Waals surface area contributed by atoms with Crippen molar-refractivity contribution in [3.63, 3.8) is 0 Å². The fourth-order valence-corrected chi connectivity index (χ4v) is 5.30. The second-order valence-electron chi connectivity index (χ2n) is 8.28. The molecule has 1 aliphatic rings. The summed E-state index contributed by atoms with van der Waals surface area (Å²) in [6.07, 6.45) is 1.87. The third kappa shape index (κ3) is 4.83. The van der Waals surface area contributed by atoms with Crippen LogP contribution in [0.2, 0.25) is 0 Å². The number of carbonyl (C=O) groups excluding carboxylic acids is 1. The van der Waals surface area contributed by atoms with Crippen molar-refractivity contribution in [2.45, 2.75) is 23.8 Å². The van der Waals surface area contributed by atoms with Gasteiger partial charge in [0.2, 0.25) is 0 Å².